The van der Waals surface area contributed by atoms with Crippen molar-refractivity contribution in [2.75, 3.05) is 6.54 Å². The Morgan fingerprint density at radius 1 is 1.38 bits per heavy atom. The number of carbonyl (C=O) groups is 1. The first-order chi connectivity index (χ1) is 7.47. The summed E-state index contributed by atoms with van der Waals surface area (Å²) in [4.78, 5) is 11.4. The van der Waals surface area contributed by atoms with Gasteiger partial charge in [-0.25, -0.2) is 13.2 Å². The summed E-state index contributed by atoms with van der Waals surface area (Å²) in [5.41, 5.74) is 4.71. The number of amides is 1. The van der Waals surface area contributed by atoms with E-state index in [2.05, 4.69) is 5.32 Å². The number of halogens is 3. The first kappa shape index (κ1) is 12.5. The maximum Gasteiger partial charge on any atom is 0.254 e. The topological polar surface area (TPSA) is 55.1 Å². The molecule has 1 amide bonds. The second kappa shape index (κ2) is 4.98. The monoisotopic (exact) mass is 232 g/mol. The lowest BCUT2D eigenvalue weighted by atomic mass is 10.1. The molecule has 88 valence electrons. The van der Waals surface area contributed by atoms with E-state index in [-0.39, 0.29) is 12.6 Å². The van der Waals surface area contributed by atoms with E-state index in [0.717, 1.165) is 6.07 Å². The molecule has 3 N–H and O–H groups in total. The molecule has 0 aliphatic carbocycles. The van der Waals surface area contributed by atoms with Gasteiger partial charge < -0.3 is 11.1 Å². The van der Waals surface area contributed by atoms with Crippen molar-refractivity contribution >= 4 is 5.91 Å². The third-order valence-corrected chi connectivity index (χ3v) is 2.01. The van der Waals surface area contributed by atoms with E-state index in [1.54, 1.807) is 6.92 Å². The number of hydrogen-bond acceptors (Lipinski definition) is 2. The number of rotatable bonds is 3. The molecule has 0 saturated heterocycles. The molecule has 0 aliphatic heterocycles. The first-order valence-corrected chi connectivity index (χ1v) is 4.61. The van der Waals surface area contributed by atoms with Gasteiger partial charge in [0, 0.05) is 12.6 Å². The van der Waals surface area contributed by atoms with Crippen LogP contribution in [0.15, 0.2) is 12.1 Å². The van der Waals surface area contributed by atoms with Crippen LogP contribution in [0, 0.1) is 17.5 Å². The minimum atomic E-state index is -1.66. The molecule has 3 nitrogen and oxygen atoms in total. The lowest BCUT2D eigenvalue weighted by molar-refractivity contribution is 0.0936. The van der Waals surface area contributed by atoms with Crippen LogP contribution in [-0.4, -0.2) is 18.5 Å². The summed E-state index contributed by atoms with van der Waals surface area (Å²) in [5.74, 6) is -5.31. The Bertz CT molecular complexity index is 409. The van der Waals surface area contributed by atoms with E-state index < -0.39 is 28.9 Å². The number of hydrogen-bond donors (Lipinski definition) is 2. The molecule has 0 bridgehead atoms. The Kier molecular flexibility index (Phi) is 3.89. The van der Waals surface area contributed by atoms with E-state index in [1.165, 1.54) is 0 Å². The van der Waals surface area contributed by atoms with Gasteiger partial charge in [-0.3, -0.25) is 4.79 Å². The second-order valence-corrected chi connectivity index (χ2v) is 3.33. The summed E-state index contributed by atoms with van der Waals surface area (Å²) >= 11 is 0. The van der Waals surface area contributed by atoms with Crippen molar-refractivity contribution in [3.05, 3.63) is 35.1 Å². The van der Waals surface area contributed by atoms with Gasteiger partial charge in [0.2, 0.25) is 0 Å². The normalized spacial score (nSPS) is 12.3. The third-order valence-electron chi connectivity index (χ3n) is 2.01. The van der Waals surface area contributed by atoms with Crippen molar-refractivity contribution in [2.24, 2.45) is 5.73 Å². The summed E-state index contributed by atoms with van der Waals surface area (Å²) < 4.78 is 38.6. The third kappa shape index (κ3) is 2.52. The fraction of sp³-hybridized carbons (Fsp3) is 0.300. The fourth-order valence-corrected chi connectivity index (χ4v) is 1.06. The van der Waals surface area contributed by atoms with Crippen LogP contribution in [0.2, 0.25) is 0 Å². The molecule has 1 atom stereocenters. The lowest BCUT2D eigenvalue weighted by Crippen LogP contribution is -2.38. The zero-order chi connectivity index (χ0) is 12.3. The summed E-state index contributed by atoms with van der Waals surface area (Å²) in [6.07, 6.45) is 0. The molecule has 16 heavy (non-hydrogen) atoms. The maximum absolute atomic E-state index is 13.2. The summed E-state index contributed by atoms with van der Waals surface area (Å²) in [6, 6.07) is 1.20. The van der Waals surface area contributed by atoms with Gasteiger partial charge in [-0.1, -0.05) is 0 Å². The maximum atomic E-state index is 13.2. The molecule has 0 saturated carbocycles. The molecular formula is C10H11F3N2O. The van der Waals surface area contributed by atoms with Gasteiger partial charge in [0.15, 0.2) is 17.5 Å². The predicted molar refractivity (Wildman–Crippen MR) is 52.3 cm³/mol. The Morgan fingerprint density at radius 3 is 2.56 bits per heavy atom. The molecule has 0 fully saturated rings. The molecule has 1 unspecified atom stereocenters. The van der Waals surface area contributed by atoms with Gasteiger partial charge >= 0.3 is 0 Å². The van der Waals surface area contributed by atoms with Gasteiger partial charge in [-0.15, -0.1) is 0 Å². The average molecular weight is 232 g/mol. The quantitative estimate of drug-likeness (QED) is 0.769. The molecular weight excluding hydrogens is 221 g/mol. The van der Waals surface area contributed by atoms with Crippen LogP contribution in [0.4, 0.5) is 13.2 Å². The Morgan fingerprint density at radius 2 is 2.00 bits per heavy atom. The van der Waals surface area contributed by atoms with Gasteiger partial charge in [0.05, 0.1) is 5.56 Å². The molecule has 1 rings (SSSR count). The van der Waals surface area contributed by atoms with E-state index in [1.807, 2.05) is 0 Å². The van der Waals surface area contributed by atoms with E-state index >= 15 is 0 Å². The summed E-state index contributed by atoms with van der Waals surface area (Å²) in [7, 11) is 0. The summed E-state index contributed by atoms with van der Waals surface area (Å²) in [5, 5.41) is 2.34. The SMILES string of the molecule is CC(CN)NC(=O)c1ccc(F)c(F)c1F. The van der Waals surface area contributed by atoms with Crippen LogP contribution in [-0.2, 0) is 0 Å². The molecule has 0 radical (unpaired) electrons. The van der Waals surface area contributed by atoms with E-state index in [4.69, 9.17) is 5.73 Å². The van der Waals surface area contributed by atoms with Gasteiger partial charge in [-0.2, -0.15) is 0 Å². The van der Waals surface area contributed by atoms with Crippen molar-refractivity contribution in [1.29, 1.82) is 0 Å². The predicted octanol–water partition coefficient (Wildman–Crippen LogP) is 1.18. The van der Waals surface area contributed by atoms with Crippen molar-refractivity contribution in [3.8, 4) is 0 Å². The van der Waals surface area contributed by atoms with Crippen LogP contribution in [0.1, 0.15) is 17.3 Å². The number of nitrogens with two attached hydrogens (primary N) is 1. The van der Waals surface area contributed by atoms with Crippen molar-refractivity contribution in [2.45, 2.75) is 13.0 Å². The minimum absolute atomic E-state index is 0.164. The highest BCUT2D eigenvalue weighted by molar-refractivity contribution is 5.94. The van der Waals surface area contributed by atoms with Crippen molar-refractivity contribution in [1.82, 2.24) is 5.32 Å². The van der Waals surface area contributed by atoms with Crippen LogP contribution in [0.25, 0.3) is 0 Å². The number of carbonyl (C=O) groups excluding carboxylic acids is 1. The lowest BCUT2D eigenvalue weighted by Gasteiger charge is -2.11. The molecule has 0 aliphatic rings. The minimum Gasteiger partial charge on any atom is -0.348 e. The summed E-state index contributed by atoms with van der Waals surface area (Å²) in [6.45, 7) is 1.77. The standard InChI is InChI=1S/C10H11F3N2O/c1-5(4-14)15-10(16)6-2-3-7(11)9(13)8(6)12/h2-3,5H,4,14H2,1H3,(H,15,16). The zero-order valence-corrected chi connectivity index (χ0v) is 8.56. The van der Waals surface area contributed by atoms with Crippen LogP contribution in [0.5, 0.6) is 0 Å². The Hall–Kier alpha value is -1.56. The smallest absolute Gasteiger partial charge is 0.254 e. The molecule has 6 heteroatoms. The molecule has 0 spiro atoms. The highest BCUT2D eigenvalue weighted by Crippen LogP contribution is 2.15. The Labute approximate surface area is 90.4 Å². The average Bonchev–Trinajstić information content (AvgIpc) is 2.25. The van der Waals surface area contributed by atoms with Crippen LogP contribution >= 0.6 is 0 Å². The van der Waals surface area contributed by atoms with E-state index in [0.29, 0.717) is 6.07 Å². The second-order valence-electron chi connectivity index (χ2n) is 3.33. The van der Waals surface area contributed by atoms with Crippen LogP contribution in [0.3, 0.4) is 0 Å². The largest absolute Gasteiger partial charge is 0.348 e. The van der Waals surface area contributed by atoms with Gasteiger partial charge in [0.25, 0.3) is 5.91 Å². The molecule has 1 aromatic carbocycles. The highest BCUT2D eigenvalue weighted by atomic mass is 19.2. The van der Waals surface area contributed by atoms with Crippen molar-refractivity contribution < 1.29 is 18.0 Å². The number of nitrogens with one attached hydrogen (secondary N) is 1. The highest BCUT2D eigenvalue weighted by Gasteiger charge is 2.19. The van der Waals surface area contributed by atoms with Crippen LogP contribution < -0.4 is 11.1 Å². The van der Waals surface area contributed by atoms with Gasteiger partial charge in [0.1, 0.15) is 0 Å². The van der Waals surface area contributed by atoms with Gasteiger partial charge in [-0.05, 0) is 19.1 Å². The fourth-order valence-electron chi connectivity index (χ4n) is 1.06. The molecule has 1 aromatic rings. The first-order valence-electron chi connectivity index (χ1n) is 4.61. The number of benzene rings is 1. The zero-order valence-electron chi connectivity index (χ0n) is 8.56. The molecule has 0 heterocycles. The Balaban J connectivity index is 2.97. The molecule has 0 aromatic heterocycles. The van der Waals surface area contributed by atoms with Crippen molar-refractivity contribution in [3.63, 3.8) is 0 Å². The van der Waals surface area contributed by atoms with E-state index in [9.17, 15) is 18.0 Å².